The van der Waals surface area contributed by atoms with Gasteiger partial charge in [0, 0.05) is 35.7 Å². The first kappa shape index (κ1) is 14.7. The number of hydrogen-bond donors (Lipinski definition) is 2. The summed E-state index contributed by atoms with van der Waals surface area (Å²) in [6.45, 7) is 4.53. The normalized spacial score (nSPS) is 24.0. The number of benzene rings is 1. The molecule has 0 saturated carbocycles. The van der Waals surface area contributed by atoms with E-state index < -0.39 is 0 Å². The van der Waals surface area contributed by atoms with Crippen LogP contribution in [-0.4, -0.2) is 48.2 Å². The number of hydrogen-bond acceptors (Lipinski definition) is 4. The summed E-state index contributed by atoms with van der Waals surface area (Å²) in [6.07, 6.45) is 3.99. The molecule has 2 aliphatic heterocycles. The van der Waals surface area contributed by atoms with Gasteiger partial charge in [0.05, 0.1) is 5.69 Å². The molecule has 0 aliphatic carbocycles. The zero-order valence-corrected chi connectivity index (χ0v) is 13.6. The second-order valence-corrected chi connectivity index (χ2v) is 6.64. The van der Waals surface area contributed by atoms with Crippen LogP contribution in [0.4, 0.5) is 5.69 Å². The van der Waals surface area contributed by atoms with Crippen molar-refractivity contribution >= 4 is 27.5 Å². The molecular formula is C15H21BrN4O. The quantitative estimate of drug-likeness (QED) is 0.370. The summed E-state index contributed by atoms with van der Waals surface area (Å²) in [4.78, 5) is 5.06. The van der Waals surface area contributed by atoms with Crippen molar-refractivity contribution in [3.8, 4) is 0 Å². The molecule has 2 aliphatic rings. The first-order valence-corrected chi connectivity index (χ1v) is 8.25. The lowest BCUT2D eigenvalue weighted by Crippen LogP contribution is -2.55. The van der Waals surface area contributed by atoms with E-state index in [4.69, 9.17) is 10.9 Å². The summed E-state index contributed by atoms with van der Waals surface area (Å²) in [5.41, 5.74) is 7.55. The van der Waals surface area contributed by atoms with Crippen LogP contribution < -0.4 is 10.6 Å². The maximum absolute atomic E-state index is 8.76. The van der Waals surface area contributed by atoms with Crippen molar-refractivity contribution in [2.75, 3.05) is 31.1 Å². The molecule has 3 rings (SSSR count). The molecule has 0 amide bonds. The molecule has 1 aromatic carbocycles. The summed E-state index contributed by atoms with van der Waals surface area (Å²) in [5.74, 6) is 0.138. The van der Waals surface area contributed by atoms with E-state index in [9.17, 15) is 0 Å². The lowest BCUT2D eigenvalue weighted by molar-refractivity contribution is 0.133. The largest absolute Gasteiger partial charge is 0.409 e. The Morgan fingerprint density at radius 1 is 1.29 bits per heavy atom. The van der Waals surface area contributed by atoms with Gasteiger partial charge in [-0.05, 0) is 53.5 Å². The molecule has 3 N–H and O–H groups in total. The van der Waals surface area contributed by atoms with E-state index in [1.54, 1.807) is 0 Å². The minimum atomic E-state index is 0.138. The third kappa shape index (κ3) is 3.01. The standard InChI is InChI=1S/C15H21BrN4O/c16-13-9-11(15(17)18-21)4-5-14(13)20-8-7-19-6-2-1-3-12(19)10-20/h4-5,9,12,21H,1-3,6-8,10H2,(H2,17,18). The number of amidine groups is 1. The van der Waals surface area contributed by atoms with E-state index in [-0.39, 0.29) is 5.84 Å². The second kappa shape index (κ2) is 6.23. The van der Waals surface area contributed by atoms with Gasteiger partial charge in [-0.2, -0.15) is 0 Å². The van der Waals surface area contributed by atoms with E-state index in [0.29, 0.717) is 6.04 Å². The molecule has 1 aromatic rings. The highest BCUT2D eigenvalue weighted by molar-refractivity contribution is 9.10. The van der Waals surface area contributed by atoms with Gasteiger partial charge in [-0.1, -0.05) is 11.6 Å². The Labute approximate surface area is 133 Å². The fraction of sp³-hybridized carbons (Fsp3) is 0.533. The van der Waals surface area contributed by atoms with E-state index in [2.05, 4.69) is 37.0 Å². The van der Waals surface area contributed by atoms with E-state index in [0.717, 1.165) is 29.7 Å². The van der Waals surface area contributed by atoms with E-state index in [1.165, 1.54) is 31.5 Å². The number of piperidine rings is 1. The maximum Gasteiger partial charge on any atom is 0.170 e. The first-order valence-electron chi connectivity index (χ1n) is 7.45. The minimum Gasteiger partial charge on any atom is -0.409 e. The highest BCUT2D eigenvalue weighted by atomic mass is 79.9. The topological polar surface area (TPSA) is 65.1 Å². The van der Waals surface area contributed by atoms with Crippen LogP contribution in [0.15, 0.2) is 27.8 Å². The molecule has 2 fully saturated rings. The summed E-state index contributed by atoms with van der Waals surface area (Å²) >= 11 is 3.62. The van der Waals surface area contributed by atoms with Crippen LogP contribution in [0.2, 0.25) is 0 Å². The van der Waals surface area contributed by atoms with E-state index in [1.807, 2.05) is 12.1 Å². The van der Waals surface area contributed by atoms with Gasteiger partial charge in [-0.3, -0.25) is 4.90 Å². The molecule has 0 radical (unpaired) electrons. The molecule has 21 heavy (non-hydrogen) atoms. The average Bonchev–Trinajstić information content (AvgIpc) is 2.53. The molecule has 2 saturated heterocycles. The van der Waals surface area contributed by atoms with Crippen molar-refractivity contribution in [2.24, 2.45) is 10.9 Å². The predicted molar refractivity (Wildman–Crippen MR) is 88.1 cm³/mol. The van der Waals surface area contributed by atoms with Gasteiger partial charge >= 0.3 is 0 Å². The van der Waals surface area contributed by atoms with Crippen molar-refractivity contribution in [1.82, 2.24) is 4.90 Å². The lowest BCUT2D eigenvalue weighted by atomic mass is 9.99. The highest BCUT2D eigenvalue weighted by Crippen LogP contribution is 2.31. The van der Waals surface area contributed by atoms with Crippen LogP contribution in [0.25, 0.3) is 0 Å². The molecule has 6 heteroatoms. The van der Waals surface area contributed by atoms with Crippen LogP contribution in [0.5, 0.6) is 0 Å². The highest BCUT2D eigenvalue weighted by Gasteiger charge is 2.29. The Hall–Kier alpha value is -1.27. The Bertz CT molecular complexity index is 548. The van der Waals surface area contributed by atoms with Gasteiger partial charge in [0.15, 0.2) is 5.84 Å². The number of anilines is 1. The van der Waals surface area contributed by atoms with Crippen LogP contribution in [-0.2, 0) is 0 Å². The SMILES string of the molecule is N/C(=N/O)c1ccc(N2CCN3CCCCC3C2)c(Br)c1. The molecule has 0 aromatic heterocycles. The van der Waals surface area contributed by atoms with Crippen molar-refractivity contribution in [3.05, 3.63) is 28.2 Å². The number of halogens is 1. The van der Waals surface area contributed by atoms with E-state index >= 15 is 0 Å². The van der Waals surface area contributed by atoms with Crippen LogP contribution in [0, 0.1) is 0 Å². The van der Waals surface area contributed by atoms with Crippen molar-refractivity contribution in [2.45, 2.75) is 25.3 Å². The Balaban J connectivity index is 1.78. The van der Waals surface area contributed by atoms with Gasteiger partial charge in [0.1, 0.15) is 0 Å². The van der Waals surface area contributed by atoms with Gasteiger partial charge in [0.25, 0.3) is 0 Å². The number of oxime groups is 1. The van der Waals surface area contributed by atoms with Gasteiger partial charge in [-0.15, -0.1) is 0 Å². The van der Waals surface area contributed by atoms with Crippen LogP contribution in [0.3, 0.4) is 0 Å². The first-order chi connectivity index (χ1) is 10.2. The fourth-order valence-corrected chi connectivity index (χ4v) is 3.98. The molecule has 1 atom stereocenters. The smallest absolute Gasteiger partial charge is 0.170 e. The van der Waals surface area contributed by atoms with Gasteiger partial charge in [0.2, 0.25) is 0 Å². The number of piperazine rings is 1. The van der Waals surface area contributed by atoms with Crippen molar-refractivity contribution in [3.63, 3.8) is 0 Å². The second-order valence-electron chi connectivity index (χ2n) is 5.78. The molecule has 5 nitrogen and oxygen atoms in total. The molecule has 0 bridgehead atoms. The molecule has 0 spiro atoms. The third-order valence-corrected chi connectivity index (χ3v) is 5.16. The monoisotopic (exact) mass is 352 g/mol. The molecular weight excluding hydrogens is 332 g/mol. The summed E-state index contributed by atoms with van der Waals surface area (Å²) < 4.78 is 0.996. The van der Waals surface area contributed by atoms with Crippen molar-refractivity contribution < 1.29 is 5.21 Å². The molecule has 1 unspecified atom stereocenters. The minimum absolute atomic E-state index is 0.138. The van der Waals surface area contributed by atoms with Crippen LogP contribution in [0.1, 0.15) is 24.8 Å². The Morgan fingerprint density at radius 3 is 2.90 bits per heavy atom. The summed E-state index contributed by atoms with van der Waals surface area (Å²) in [6, 6.07) is 6.55. The number of nitrogens with two attached hydrogens (primary N) is 1. The van der Waals surface area contributed by atoms with Gasteiger partial charge in [-0.25, -0.2) is 0 Å². The molecule has 2 heterocycles. The summed E-state index contributed by atoms with van der Waals surface area (Å²) in [5, 5.41) is 11.8. The predicted octanol–water partition coefficient (Wildman–Crippen LogP) is 2.22. The maximum atomic E-state index is 8.76. The third-order valence-electron chi connectivity index (χ3n) is 4.53. The number of nitrogens with zero attached hydrogens (tertiary/aromatic N) is 3. The molecule has 114 valence electrons. The zero-order chi connectivity index (χ0) is 14.8. The zero-order valence-electron chi connectivity index (χ0n) is 12.0. The Kier molecular flexibility index (Phi) is 4.35. The number of fused-ring (bicyclic) bond motifs is 1. The lowest BCUT2D eigenvalue weighted by Gasteiger charge is -2.45. The summed E-state index contributed by atoms with van der Waals surface area (Å²) in [7, 11) is 0. The Morgan fingerprint density at radius 2 is 2.14 bits per heavy atom. The average molecular weight is 353 g/mol. The fourth-order valence-electron chi connectivity index (χ4n) is 3.36. The van der Waals surface area contributed by atoms with Gasteiger partial charge < -0.3 is 15.8 Å². The van der Waals surface area contributed by atoms with Crippen LogP contribution >= 0.6 is 15.9 Å². The number of rotatable bonds is 2. The van der Waals surface area contributed by atoms with Crippen molar-refractivity contribution in [1.29, 1.82) is 0 Å².